The molecular weight excluding hydrogens is 328 g/mol. The zero-order chi connectivity index (χ0) is 13.8. The number of halogens is 1. The van der Waals surface area contributed by atoms with Crippen LogP contribution in [0.25, 0.3) is 0 Å². The third kappa shape index (κ3) is 3.16. The van der Waals surface area contributed by atoms with E-state index in [4.69, 9.17) is 0 Å². The smallest absolute Gasteiger partial charge is 0.269 e. The van der Waals surface area contributed by atoms with Crippen molar-refractivity contribution in [1.29, 1.82) is 0 Å². The quantitative estimate of drug-likeness (QED) is 0.928. The van der Waals surface area contributed by atoms with Gasteiger partial charge in [0.25, 0.3) is 5.91 Å². The van der Waals surface area contributed by atoms with Crippen LogP contribution in [0.1, 0.15) is 34.9 Å². The molecule has 2 rings (SSSR count). The van der Waals surface area contributed by atoms with Gasteiger partial charge in [0.05, 0.1) is 11.4 Å². The second kappa shape index (κ2) is 6.21. The number of carbonyl (C=O) groups excluding carboxylic acids is 1. The summed E-state index contributed by atoms with van der Waals surface area (Å²) in [6, 6.07) is 1.83. The van der Waals surface area contributed by atoms with Crippen molar-refractivity contribution in [3.05, 3.63) is 32.2 Å². The van der Waals surface area contributed by atoms with Crippen LogP contribution in [0.3, 0.4) is 0 Å². The molecule has 2 heterocycles. The number of rotatable bonds is 4. The van der Waals surface area contributed by atoms with Gasteiger partial charge in [-0.25, -0.2) is 4.98 Å². The van der Waals surface area contributed by atoms with E-state index >= 15 is 0 Å². The molecule has 100 valence electrons. The van der Waals surface area contributed by atoms with Crippen molar-refractivity contribution in [1.82, 2.24) is 15.2 Å². The standard InChI is InChI=1S/C12H13BrN4OS/c1-3-8-9(4-2)16-17-12(14-8)15-11(18)10-7(13)5-6-19-10/h5-6H,3-4H2,1-2H3,(H,14,15,17,18). The van der Waals surface area contributed by atoms with Crippen molar-refractivity contribution in [2.45, 2.75) is 26.7 Å². The molecule has 2 aromatic rings. The normalized spacial score (nSPS) is 10.5. The Balaban J connectivity index is 2.20. The van der Waals surface area contributed by atoms with Crippen LogP contribution in [-0.4, -0.2) is 21.1 Å². The Morgan fingerprint density at radius 1 is 1.32 bits per heavy atom. The fraction of sp³-hybridized carbons (Fsp3) is 0.333. The van der Waals surface area contributed by atoms with E-state index < -0.39 is 0 Å². The minimum atomic E-state index is -0.227. The van der Waals surface area contributed by atoms with Crippen molar-refractivity contribution < 1.29 is 4.79 Å². The molecule has 19 heavy (non-hydrogen) atoms. The lowest BCUT2D eigenvalue weighted by atomic mass is 10.2. The van der Waals surface area contributed by atoms with E-state index in [2.05, 4.69) is 36.4 Å². The van der Waals surface area contributed by atoms with Gasteiger partial charge in [-0.05, 0) is 40.2 Å². The molecule has 0 atom stereocenters. The lowest BCUT2D eigenvalue weighted by molar-refractivity contribution is 0.102. The highest BCUT2D eigenvalue weighted by Gasteiger charge is 2.14. The van der Waals surface area contributed by atoms with Gasteiger partial charge in [-0.2, -0.15) is 0 Å². The van der Waals surface area contributed by atoms with Crippen LogP contribution in [0, 0.1) is 0 Å². The number of nitrogens with zero attached hydrogens (tertiary/aromatic N) is 3. The first-order valence-corrected chi connectivity index (χ1v) is 7.59. The largest absolute Gasteiger partial charge is 0.288 e. The summed E-state index contributed by atoms with van der Waals surface area (Å²) in [5.41, 5.74) is 1.75. The molecule has 0 radical (unpaired) electrons. The zero-order valence-corrected chi connectivity index (χ0v) is 13.0. The number of nitrogens with one attached hydrogen (secondary N) is 1. The molecule has 0 spiro atoms. The highest BCUT2D eigenvalue weighted by atomic mass is 79.9. The minimum Gasteiger partial charge on any atom is -0.288 e. The molecule has 0 saturated heterocycles. The third-order valence-corrected chi connectivity index (χ3v) is 4.39. The number of hydrogen-bond acceptors (Lipinski definition) is 5. The number of anilines is 1. The summed E-state index contributed by atoms with van der Waals surface area (Å²) in [4.78, 5) is 16.9. The Morgan fingerprint density at radius 3 is 2.63 bits per heavy atom. The van der Waals surface area contributed by atoms with Gasteiger partial charge < -0.3 is 0 Å². The van der Waals surface area contributed by atoms with Crippen molar-refractivity contribution in [2.75, 3.05) is 5.32 Å². The summed E-state index contributed by atoms with van der Waals surface area (Å²) in [7, 11) is 0. The zero-order valence-electron chi connectivity index (χ0n) is 10.6. The predicted octanol–water partition coefficient (Wildman–Crippen LogP) is 3.07. The summed E-state index contributed by atoms with van der Waals surface area (Å²) < 4.78 is 0.767. The molecule has 5 nitrogen and oxygen atoms in total. The molecule has 0 bridgehead atoms. The average Bonchev–Trinajstić information content (AvgIpc) is 2.85. The number of amides is 1. The third-order valence-electron chi connectivity index (χ3n) is 2.56. The molecule has 1 amide bonds. The Bertz CT molecular complexity index is 599. The van der Waals surface area contributed by atoms with Gasteiger partial charge in [-0.15, -0.1) is 21.5 Å². The Kier molecular flexibility index (Phi) is 4.60. The fourth-order valence-electron chi connectivity index (χ4n) is 1.61. The fourth-order valence-corrected chi connectivity index (χ4v) is 3.05. The van der Waals surface area contributed by atoms with E-state index in [1.807, 2.05) is 25.3 Å². The Hall–Kier alpha value is -1.34. The van der Waals surface area contributed by atoms with Crippen molar-refractivity contribution in [3.63, 3.8) is 0 Å². The molecule has 0 aliphatic rings. The number of thiophene rings is 1. The van der Waals surface area contributed by atoms with E-state index in [9.17, 15) is 4.79 Å². The summed E-state index contributed by atoms with van der Waals surface area (Å²) in [5, 5.41) is 12.5. The summed E-state index contributed by atoms with van der Waals surface area (Å²) in [6.45, 7) is 4.01. The molecule has 0 aliphatic heterocycles. The van der Waals surface area contributed by atoms with Gasteiger partial charge in [-0.1, -0.05) is 13.8 Å². The van der Waals surface area contributed by atoms with Crippen LogP contribution in [0.5, 0.6) is 0 Å². The lowest BCUT2D eigenvalue weighted by Crippen LogP contribution is -2.15. The number of hydrogen-bond donors (Lipinski definition) is 1. The predicted molar refractivity (Wildman–Crippen MR) is 78.6 cm³/mol. The molecule has 0 aliphatic carbocycles. The van der Waals surface area contributed by atoms with Crippen LogP contribution in [0.4, 0.5) is 5.95 Å². The van der Waals surface area contributed by atoms with E-state index in [-0.39, 0.29) is 11.9 Å². The molecule has 0 saturated carbocycles. The topological polar surface area (TPSA) is 67.8 Å². The second-order valence-electron chi connectivity index (χ2n) is 3.79. The molecule has 0 aromatic carbocycles. The van der Waals surface area contributed by atoms with Crippen LogP contribution in [0.15, 0.2) is 15.9 Å². The maximum Gasteiger partial charge on any atom is 0.269 e. The summed E-state index contributed by atoms with van der Waals surface area (Å²) in [5.74, 6) is 0.0225. The lowest BCUT2D eigenvalue weighted by Gasteiger charge is -2.06. The van der Waals surface area contributed by atoms with Gasteiger partial charge in [0, 0.05) is 4.47 Å². The average molecular weight is 341 g/mol. The first-order chi connectivity index (χ1) is 9.15. The van der Waals surface area contributed by atoms with E-state index in [1.165, 1.54) is 11.3 Å². The Morgan fingerprint density at radius 2 is 2.05 bits per heavy atom. The summed E-state index contributed by atoms with van der Waals surface area (Å²) >= 11 is 4.68. The van der Waals surface area contributed by atoms with Crippen LogP contribution < -0.4 is 5.32 Å². The minimum absolute atomic E-state index is 0.227. The second-order valence-corrected chi connectivity index (χ2v) is 5.56. The van der Waals surface area contributed by atoms with Crippen molar-refractivity contribution in [3.8, 4) is 0 Å². The highest BCUT2D eigenvalue weighted by Crippen LogP contribution is 2.23. The molecule has 7 heteroatoms. The van der Waals surface area contributed by atoms with E-state index in [0.29, 0.717) is 4.88 Å². The van der Waals surface area contributed by atoms with Crippen molar-refractivity contribution >= 4 is 39.1 Å². The summed E-state index contributed by atoms with van der Waals surface area (Å²) in [6.07, 6.45) is 1.55. The maximum atomic E-state index is 12.0. The Labute approximate surface area is 123 Å². The van der Waals surface area contributed by atoms with Crippen molar-refractivity contribution in [2.24, 2.45) is 0 Å². The highest BCUT2D eigenvalue weighted by molar-refractivity contribution is 9.10. The molecule has 0 fully saturated rings. The maximum absolute atomic E-state index is 12.0. The number of aryl methyl sites for hydroxylation is 2. The van der Waals surface area contributed by atoms with Crippen LogP contribution >= 0.6 is 27.3 Å². The molecule has 0 unspecified atom stereocenters. The monoisotopic (exact) mass is 340 g/mol. The molecule has 2 aromatic heterocycles. The van der Waals surface area contributed by atoms with E-state index in [1.54, 1.807) is 0 Å². The van der Waals surface area contributed by atoms with E-state index in [0.717, 1.165) is 28.7 Å². The van der Waals surface area contributed by atoms with Gasteiger partial charge in [0.1, 0.15) is 4.88 Å². The van der Waals surface area contributed by atoms with Gasteiger partial charge in [-0.3, -0.25) is 10.1 Å². The van der Waals surface area contributed by atoms with Crippen LogP contribution in [-0.2, 0) is 12.8 Å². The first kappa shape index (κ1) is 14.1. The molecule has 1 N–H and O–H groups in total. The van der Waals surface area contributed by atoms with Crippen LogP contribution in [0.2, 0.25) is 0 Å². The van der Waals surface area contributed by atoms with Gasteiger partial charge in [0.15, 0.2) is 0 Å². The molecular formula is C12H13BrN4OS. The number of carbonyl (C=O) groups is 1. The SMILES string of the molecule is CCc1nnc(NC(=O)c2sccc2Br)nc1CC. The first-order valence-electron chi connectivity index (χ1n) is 5.92. The number of aromatic nitrogens is 3. The van der Waals surface area contributed by atoms with Gasteiger partial charge in [0.2, 0.25) is 5.95 Å². The van der Waals surface area contributed by atoms with Gasteiger partial charge >= 0.3 is 0 Å².